The maximum absolute atomic E-state index is 12.5. The molecular weight excluding hydrogens is 478 g/mol. The van der Waals surface area contributed by atoms with Gasteiger partial charge >= 0.3 is 12.6 Å². The van der Waals surface area contributed by atoms with Gasteiger partial charge in [-0.1, -0.05) is 15.9 Å². The summed E-state index contributed by atoms with van der Waals surface area (Å²) in [6.45, 7) is -3.57. The van der Waals surface area contributed by atoms with E-state index in [1.807, 2.05) is 0 Å². The summed E-state index contributed by atoms with van der Waals surface area (Å²) in [7, 11) is 3.26. The van der Waals surface area contributed by atoms with E-state index in [2.05, 4.69) is 26.0 Å². The van der Waals surface area contributed by atoms with Crippen LogP contribution >= 0.6 is 15.9 Å². The predicted octanol–water partition coefficient (Wildman–Crippen LogP) is 3.95. The van der Waals surface area contributed by atoms with Gasteiger partial charge in [0.15, 0.2) is 6.61 Å². The summed E-state index contributed by atoms with van der Waals surface area (Å²) in [5.74, 6) is -1.72. The van der Waals surface area contributed by atoms with Gasteiger partial charge in [0.05, 0.1) is 0 Å². The maximum Gasteiger partial charge on any atom is 0.387 e. The van der Waals surface area contributed by atoms with Crippen LogP contribution < -0.4 is 10.1 Å². The van der Waals surface area contributed by atoms with E-state index in [4.69, 9.17) is 4.74 Å². The summed E-state index contributed by atoms with van der Waals surface area (Å²) in [6, 6.07) is 10.5. The van der Waals surface area contributed by atoms with Crippen LogP contribution in [0.5, 0.6) is 5.75 Å². The molecule has 2 rings (SSSR count). The van der Waals surface area contributed by atoms with E-state index < -0.39 is 25.1 Å². The standard InChI is InChI=1S/C21H19BrF2N2O5/c1-26(2)20(29)13-3-7-16(8-4-13)25-18(27)12-30-19(28)10-5-14-11-15(22)6-9-17(14)31-21(23)24/h3-11,21H,12H2,1-2H3,(H,25,27)/b10-5+. The van der Waals surface area contributed by atoms with Gasteiger partial charge in [0.25, 0.3) is 11.8 Å². The van der Waals surface area contributed by atoms with Gasteiger partial charge in [0.1, 0.15) is 5.75 Å². The van der Waals surface area contributed by atoms with Crippen molar-refractivity contribution in [1.29, 1.82) is 0 Å². The van der Waals surface area contributed by atoms with Crippen LogP contribution in [0.3, 0.4) is 0 Å². The molecule has 0 spiro atoms. The van der Waals surface area contributed by atoms with Gasteiger partial charge in [0, 0.05) is 41.5 Å². The second-order valence-electron chi connectivity index (χ2n) is 6.33. The summed E-state index contributed by atoms with van der Waals surface area (Å²) in [4.78, 5) is 37.1. The van der Waals surface area contributed by atoms with E-state index >= 15 is 0 Å². The third-order valence-corrected chi connectivity index (χ3v) is 4.25. The number of esters is 1. The van der Waals surface area contributed by atoms with Crippen LogP contribution in [0.1, 0.15) is 15.9 Å². The number of alkyl halides is 2. The maximum atomic E-state index is 12.5. The Labute approximate surface area is 185 Å². The molecule has 0 aliphatic carbocycles. The molecule has 0 heterocycles. The molecule has 0 unspecified atom stereocenters. The van der Waals surface area contributed by atoms with Crippen LogP contribution in [0, 0.1) is 0 Å². The SMILES string of the molecule is CN(C)C(=O)c1ccc(NC(=O)COC(=O)/C=C/c2cc(Br)ccc2OC(F)F)cc1. The second kappa shape index (κ2) is 11.2. The number of amides is 2. The largest absolute Gasteiger partial charge is 0.452 e. The molecule has 0 aliphatic rings. The minimum absolute atomic E-state index is 0.115. The topological polar surface area (TPSA) is 84.9 Å². The molecule has 164 valence electrons. The van der Waals surface area contributed by atoms with Crippen LogP contribution in [-0.4, -0.2) is 50.0 Å². The fourth-order valence-electron chi connectivity index (χ4n) is 2.35. The first-order valence-corrected chi connectivity index (χ1v) is 9.66. The summed E-state index contributed by atoms with van der Waals surface area (Å²) in [6.07, 6.45) is 2.23. The van der Waals surface area contributed by atoms with E-state index in [-0.39, 0.29) is 17.2 Å². The van der Waals surface area contributed by atoms with Crippen LogP contribution in [0.15, 0.2) is 53.0 Å². The highest BCUT2D eigenvalue weighted by molar-refractivity contribution is 9.10. The summed E-state index contributed by atoms with van der Waals surface area (Å²) < 4.78 is 34.8. The Morgan fingerprint density at radius 3 is 2.42 bits per heavy atom. The number of carbonyl (C=O) groups excluding carboxylic acids is 3. The number of halogens is 3. The molecule has 0 bridgehead atoms. The van der Waals surface area contributed by atoms with Crippen molar-refractivity contribution in [2.75, 3.05) is 26.0 Å². The van der Waals surface area contributed by atoms with E-state index in [1.165, 1.54) is 29.2 Å². The minimum atomic E-state index is -3.01. The fraction of sp³-hybridized carbons (Fsp3) is 0.190. The number of benzene rings is 2. The molecular formula is C21H19BrF2N2O5. The molecule has 0 aromatic heterocycles. The lowest BCUT2D eigenvalue weighted by molar-refractivity contribution is -0.142. The first-order valence-electron chi connectivity index (χ1n) is 8.86. The van der Waals surface area contributed by atoms with Crippen LogP contribution in [0.2, 0.25) is 0 Å². The number of hydrogen-bond donors (Lipinski definition) is 1. The number of rotatable bonds is 8. The minimum Gasteiger partial charge on any atom is -0.452 e. The van der Waals surface area contributed by atoms with Crippen molar-refractivity contribution in [2.45, 2.75) is 6.61 Å². The molecule has 0 atom stereocenters. The number of carbonyl (C=O) groups is 3. The molecule has 0 fully saturated rings. The summed E-state index contributed by atoms with van der Waals surface area (Å²) in [5, 5.41) is 2.53. The number of ether oxygens (including phenoxy) is 2. The van der Waals surface area contributed by atoms with E-state index in [0.717, 1.165) is 6.08 Å². The van der Waals surface area contributed by atoms with Gasteiger partial charge in [-0.25, -0.2) is 4.79 Å². The monoisotopic (exact) mass is 496 g/mol. The zero-order valence-electron chi connectivity index (χ0n) is 16.6. The molecule has 0 saturated heterocycles. The van der Waals surface area contributed by atoms with E-state index in [0.29, 0.717) is 15.7 Å². The lowest BCUT2D eigenvalue weighted by Gasteiger charge is -2.11. The van der Waals surface area contributed by atoms with Crippen molar-refractivity contribution in [3.8, 4) is 5.75 Å². The molecule has 2 aromatic carbocycles. The Kier molecular flexibility index (Phi) is 8.68. The van der Waals surface area contributed by atoms with E-state index in [9.17, 15) is 23.2 Å². The predicted molar refractivity (Wildman–Crippen MR) is 114 cm³/mol. The highest BCUT2D eigenvalue weighted by Gasteiger charge is 2.11. The molecule has 0 aliphatic heterocycles. The van der Waals surface area contributed by atoms with Crippen molar-refractivity contribution < 1.29 is 32.6 Å². The Balaban J connectivity index is 1.89. The third-order valence-electron chi connectivity index (χ3n) is 3.75. The van der Waals surface area contributed by atoms with Gasteiger partial charge in [0.2, 0.25) is 0 Å². The normalized spacial score (nSPS) is 10.8. The quantitative estimate of drug-likeness (QED) is 0.441. The fourth-order valence-corrected chi connectivity index (χ4v) is 2.73. The number of hydrogen-bond acceptors (Lipinski definition) is 5. The van der Waals surface area contributed by atoms with Gasteiger partial charge in [-0.2, -0.15) is 8.78 Å². The lowest BCUT2D eigenvalue weighted by atomic mass is 10.2. The highest BCUT2D eigenvalue weighted by atomic mass is 79.9. The number of anilines is 1. The average molecular weight is 497 g/mol. The smallest absolute Gasteiger partial charge is 0.387 e. The molecule has 2 aromatic rings. The summed E-state index contributed by atoms with van der Waals surface area (Å²) in [5.41, 5.74) is 1.11. The number of nitrogens with zero attached hydrogens (tertiary/aromatic N) is 1. The molecule has 10 heteroatoms. The van der Waals surface area contributed by atoms with Gasteiger partial charge in [-0.15, -0.1) is 0 Å². The molecule has 1 N–H and O–H groups in total. The molecule has 0 radical (unpaired) electrons. The molecule has 7 nitrogen and oxygen atoms in total. The summed E-state index contributed by atoms with van der Waals surface area (Å²) >= 11 is 3.20. The first kappa shape index (κ1) is 24.0. The number of nitrogens with one attached hydrogen (secondary N) is 1. The lowest BCUT2D eigenvalue weighted by Crippen LogP contribution is -2.22. The highest BCUT2D eigenvalue weighted by Crippen LogP contribution is 2.26. The van der Waals surface area contributed by atoms with Crippen molar-refractivity contribution >= 4 is 45.5 Å². The van der Waals surface area contributed by atoms with Gasteiger partial charge in [-0.3, -0.25) is 9.59 Å². The molecule has 31 heavy (non-hydrogen) atoms. The Morgan fingerprint density at radius 1 is 1.13 bits per heavy atom. The Hall–Kier alpha value is -3.27. The van der Waals surface area contributed by atoms with Crippen molar-refractivity contribution in [3.63, 3.8) is 0 Å². The van der Waals surface area contributed by atoms with Gasteiger partial charge < -0.3 is 19.7 Å². The second-order valence-corrected chi connectivity index (χ2v) is 7.24. The zero-order chi connectivity index (χ0) is 23.0. The van der Waals surface area contributed by atoms with Crippen molar-refractivity contribution in [1.82, 2.24) is 4.90 Å². The zero-order valence-corrected chi connectivity index (χ0v) is 18.2. The first-order chi connectivity index (χ1) is 14.7. The van der Waals surface area contributed by atoms with Crippen LogP contribution in [-0.2, 0) is 14.3 Å². The third kappa shape index (κ3) is 7.82. The van der Waals surface area contributed by atoms with Gasteiger partial charge in [-0.05, 0) is 48.5 Å². The van der Waals surface area contributed by atoms with Crippen LogP contribution in [0.25, 0.3) is 6.08 Å². The van der Waals surface area contributed by atoms with Crippen molar-refractivity contribution in [3.05, 3.63) is 64.1 Å². The van der Waals surface area contributed by atoms with Crippen molar-refractivity contribution in [2.24, 2.45) is 0 Å². The van der Waals surface area contributed by atoms with E-state index in [1.54, 1.807) is 38.4 Å². The average Bonchev–Trinajstić information content (AvgIpc) is 2.72. The Morgan fingerprint density at radius 2 is 1.81 bits per heavy atom. The molecule has 0 saturated carbocycles. The van der Waals surface area contributed by atoms with Crippen LogP contribution in [0.4, 0.5) is 14.5 Å². The Bertz CT molecular complexity index is 978. The molecule has 2 amide bonds.